The van der Waals surface area contributed by atoms with E-state index in [2.05, 4.69) is 15.4 Å². The van der Waals surface area contributed by atoms with Crippen molar-refractivity contribution >= 4 is 29.4 Å². The standard InChI is InChI=1S/C17H19N7O4/c1-22(11-4-9-23(10-5-11)12(25)3-6-18)16(26)13-14(20-17(27)28)21-24-8-2-7-19-15(13)24/h2,7-8,11H,3-5,9-10H2,1H3,(H,20,21)(H,27,28). The molecular formula is C17H19N7O4. The number of amides is 3. The summed E-state index contributed by atoms with van der Waals surface area (Å²) in [5.74, 6) is -0.696. The predicted octanol–water partition coefficient (Wildman–Crippen LogP) is 0.796. The predicted molar refractivity (Wildman–Crippen MR) is 96.6 cm³/mol. The maximum Gasteiger partial charge on any atom is 0.410 e. The number of aromatic nitrogens is 3. The van der Waals surface area contributed by atoms with E-state index in [-0.39, 0.29) is 35.4 Å². The van der Waals surface area contributed by atoms with Crippen LogP contribution >= 0.6 is 0 Å². The van der Waals surface area contributed by atoms with Gasteiger partial charge in [0.2, 0.25) is 5.91 Å². The first kappa shape index (κ1) is 19.1. The van der Waals surface area contributed by atoms with Crippen LogP contribution in [0.5, 0.6) is 0 Å². The fourth-order valence-electron chi connectivity index (χ4n) is 3.30. The number of nitrogens with zero attached hydrogens (tertiary/aromatic N) is 6. The molecule has 1 aliphatic rings. The van der Waals surface area contributed by atoms with Crippen LogP contribution in [0.1, 0.15) is 29.6 Å². The van der Waals surface area contributed by atoms with Crippen LogP contribution in [-0.4, -0.2) is 73.6 Å². The zero-order chi connectivity index (χ0) is 20.3. The molecule has 146 valence electrons. The minimum absolute atomic E-state index is 0.0773. The second-order valence-electron chi connectivity index (χ2n) is 6.40. The number of carbonyl (C=O) groups excluding carboxylic acids is 2. The highest BCUT2D eigenvalue weighted by molar-refractivity contribution is 6.06. The smallest absolute Gasteiger partial charge is 0.410 e. The van der Waals surface area contributed by atoms with E-state index < -0.39 is 12.0 Å². The molecule has 1 aliphatic heterocycles. The number of fused-ring (bicyclic) bond motifs is 1. The molecule has 0 unspecified atom stereocenters. The Morgan fingerprint density at radius 1 is 1.39 bits per heavy atom. The summed E-state index contributed by atoms with van der Waals surface area (Å²) in [5.41, 5.74) is 0.332. The summed E-state index contributed by atoms with van der Waals surface area (Å²) in [7, 11) is 1.64. The van der Waals surface area contributed by atoms with Gasteiger partial charge < -0.3 is 14.9 Å². The highest BCUT2D eigenvalue weighted by Gasteiger charge is 2.31. The lowest BCUT2D eigenvalue weighted by molar-refractivity contribution is -0.131. The summed E-state index contributed by atoms with van der Waals surface area (Å²) in [6.45, 7) is 0.909. The summed E-state index contributed by atoms with van der Waals surface area (Å²) in [6.07, 6.45) is 2.71. The van der Waals surface area contributed by atoms with Crippen molar-refractivity contribution in [1.82, 2.24) is 24.4 Å². The molecule has 2 aromatic heterocycles. The third-order valence-corrected chi connectivity index (χ3v) is 4.75. The Bertz CT molecular complexity index is 956. The zero-order valence-electron chi connectivity index (χ0n) is 15.2. The van der Waals surface area contributed by atoms with E-state index in [0.29, 0.717) is 25.9 Å². The van der Waals surface area contributed by atoms with Gasteiger partial charge in [0.15, 0.2) is 11.5 Å². The van der Waals surface area contributed by atoms with Crippen LogP contribution in [0.2, 0.25) is 0 Å². The maximum atomic E-state index is 13.1. The van der Waals surface area contributed by atoms with Crippen LogP contribution in [0, 0.1) is 11.3 Å². The summed E-state index contributed by atoms with van der Waals surface area (Å²) in [4.78, 5) is 43.3. The minimum Gasteiger partial charge on any atom is -0.465 e. The van der Waals surface area contributed by atoms with Gasteiger partial charge in [0.1, 0.15) is 12.0 Å². The lowest BCUT2D eigenvalue weighted by atomic mass is 10.0. The fraction of sp³-hybridized carbons (Fsp3) is 0.412. The molecule has 2 aromatic rings. The summed E-state index contributed by atoms with van der Waals surface area (Å²) in [6, 6.07) is 3.34. The van der Waals surface area contributed by atoms with E-state index in [1.165, 1.54) is 15.6 Å². The number of carbonyl (C=O) groups is 3. The Morgan fingerprint density at radius 2 is 2.11 bits per heavy atom. The molecule has 3 amide bonds. The average Bonchev–Trinajstić information content (AvgIpc) is 3.04. The summed E-state index contributed by atoms with van der Waals surface area (Å²) >= 11 is 0. The molecular weight excluding hydrogens is 366 g/mol. The molecule has 11 nitrogen and oxygen atoms in total. The van der Waals surface area contributed by atoms with Gasteiger partial charge in [0.05, 0.1) is 6.07 Å². The van der Waals surface area contributed by atoms with Crippen LogP contribution in [0.25, 0.3) is 5.65 Å². The number of nitriles is 1. The van der Waals surface area contributed by atoms with Crippen molar-refractivity contribution in [2.24, 2.45) is 0 Å². The SMILES string of the molecule is CN(C(=O)c1c(NC(=O)O)nn2cccnc12)C1CCN(C(=O)CC#N)CC1. The van der Waals surface area contributed by atoms with Gasteiger partial charge in [-0.25, -0.2) is 14.3 Å². The number of hydrogen-bond acceptors (Lipinski definition) is 6. The summed E-state index contributed by atoms with van der Waals surface area (Å²) in [5, 5.41) is 23.9. The van der Waals surface area contributed by atoms with E-state index in [1.807, 2.05) is 6.07 Å². The maximum absolute atomic E-state index is 13.1. The van der Waals surface area contributed by atoms with Crippen molar-refractivity contribution in [2.75, 3.05) is 25.5 Å². The van der Waals surface area contributed by atoms with E-state index in [0.717, 1.165) is 0 Å². The van der Waals surface area contributed by atoms with Gasteiger partial charge in [0.25, 0.3) is 5.91 Å². The van der Waals surface area contributed by atoms with Crippen LogP contribution in [0.3, 0.4) is 0 Å². The van der Waals surface area contributed by atoms with Crippen LogP contribution in [0.4, 0.5) is 10.6 Å². The van der Waals surface area contributed by atoms with Crippen LogP contribution in [0.15, 0.2) is 18.5 Å². The molecule has 1 fully saturated rings. The van der Waals surface area contributed by atoms with Gasteiger partial charge >= 0.3 is 6.09 Å². The number of nitrogens with one attached hydrogen (secondary N) is 1. The first-order chi connectivity index (χ1) is 13.4. The van der Waals surface area contributed by atoms with Crippen LogP contribution in [-0.2, 0) is 4.79 Å². The average molecular weight is 385 g/mol. The number of anilines is 1. The van der Waals surface area contributed by atoms with Crippen molar-refractivity contribution in [3.63, 3.8) is 0 Å². The summed E-state index contributed by atoms with van der Waals surface area (Å²) < 4.78 is 1.34. The molecule has 3 rings (SSSR count). The molecule has 0 aromatic carbocycles. The normalized spacial score (nSPS) is 14.5. The molecule has 3 heterocycles. The minimum atomic E-state index is -1.33. The fourth-order valence-corrected chi connectivity index (χ4v) is 3.30. The van der Waals surface area contributed by atoms with Crippen molar-refractivity contribution in [3.8, 4) is 6.07 Å². The van der Waals surface area contributed by atoms with Crippen molar-refractivity contribution in [3.05, 3.63) is 24.0 Å². The first-order valence-electron chi connectivity index (χ1n) is 8.67. The van der Waals surface area contributed by atoms with Crippen LogP contribution < -0.4 is 5.32 Å². The molecule has 0 bridgehead atoms. The molecule has 0 spiro atoms. The highest BCUT2D eigenvalue weighted by atomic mass is 16.4. The second-order valence-corrected chi connectivity index (χ2v) is 6.40. The Morgan fingerprint density at radius 3 is 2.75 bits per heavy atom. The third-order valence-electron chi connectivity index (χ3n) is 4.75. The molecule has 0 aliphatic carbocycles. The molecule has 0 saturated carbocycles. The van der Waals surface area contributed by atoms with Gasteiger partial charge in [-0.2, -0.15) is 5.26 Å². The molecule has 0 atom stereocenters. The van der Waals surface area contributed by atoms with E-state index >= 15 is 0 Å². The van der Waals surface area contributed by atoms with E-state index in [9.17, 15) is 14.4 Å². The molecule has 28 heavy (non-hydrogen) atoms. The Hall–Kier alpha value is -3.68. The zero-order valence-corrected chi connectivity index (χ0v) is 15.2. The Kier molecular flexibility index (Phi) is 5.39. The number of hydrogen-bond donors (Lipinski definition) is 2. The monoisotopic (exact) mass is 385 g/mol. The molecule has 11 heteroatoms. The highest BCUT2D eigenvalue weighted by Crippen LogP contribution is 2.24. The lowest BCUT2D eigenvalue weighted by Crippen LogP contribution is -2.47. The molecule has 0 radical (unpaired) electrons. The lowest BCUT2D eigenvalue weighted by Gasteiger charge is -2.36. The number of likely N-dealkylation sites (tertiary alicyclic amines) is 1. The Balaban J connectivity index is 1.80. The third kappa shape index (κ3) is 3.71. The van der Waals surface area contributed by atoms with Gasteiger partial charge in [-0.1, -0.05) is 0 Å². The Labute approximate surface area is 160 Å². The van der Waals surface area contributed by atoms with Gasteiger partial charge in [-0.05, 0) is 18.9 Å². The largest absolute Gasteiger partial charge is 0.465 e. The number of rotatable bonds is 4. The second kappa shape index (κ2) is 7.91. The van der Waals surface area contributed by atoms with Crippen molar-refractivity contribution < 1.29 is 19.5 Å². The van der Waals surface area contributed by atoms with Crippen molar-refractivity contribution in [2.45, 2.75) is 25.3 Å². The van der Waals surface area contributed by atoms with Gasteiger partial charge in [-0.3, -0.25) is 14.9 Å². The van der Waals surface area contributed by atoms with Gasteiger partial charge in [0, 0.05) is 38.6 Å². The van der Waals surface area contributed by atoms with E-state index in [1.54, 1.807) is 24.2 Å². The molecule has 2 N–H and O–H groups in total. The number of piperidine rings is 1. The quantitative estimate of drug-likeness (QED) is 0.792. The van der Waals surface area contributed by atoms with E-state index in [4.69, 9.17) is 10.4 Å². The van der Waals surface area contributed by atoms with Crippen molar-refractivity contribution in [1.29, 1.82) is 5.26 Å². The first-order valence-corrected chi connectivity index (χ1v) is 8.67. The van der Waals surface area contributed by atoms with Gasteiger partial charge in [-0.15, -0.1) is 5.10 Å². The molecule has 1 saturated heterocycles. The number of carboxylic acid groups (broad SMARTS) is 1. The topological polar surface area (TPSA) is 144 Å².